The maximum atomic E-state index is 11.4. The third-order valence-corrected chi connectivity index (χ3v) is 2.22. The summed E-state index contributed by atoms with van der Waals surface area (Å²) in [6.45, 7) is 3.61. The van der Waals surface area contributed by atoms with Crippen molar-refractivity contribution in [1.82, 2.24) is 5.32 Å². The van der Waals surface area contributed by atoms with E-state index in [1.807, 2.05) is 0 Å². The van der Waals surface area contributed by atoms with Crippen LogP contribution in [0, 0.1) is 5.92 Å². The molecule has 5 nitrogen and oxygen atoms in total. The van der Waals surface area contributed by atoms with Crippen molar-refractivity contribution in [2.45, 2.75) is 20.5 Å². The lowest BCUT2D eigenvalue weighted by Crippen LogP contribution is -2.22. The molecular formula is C13H17NO4. The minimum absolute atomic E-state index is 0.0875. The maximum Gasteiger partial charge on any atom is 0.412 e. The number of hydrogen-bond acceptors (Lipinski definition) is 4. The molecule has 0 aliphatic rings. The predicted octanol–water partition coefficient (Wildman–Crippen LogP) is 2.10. The molecule has 18 heavy (non-hydrogen) atoms. The van der Waals surface area contributed by atoms with Crippen molar-refractivity contribution in [2.24, 2.45) is 5.92 Å². The van der Waals surface area contributed by atoms with Gasteiger partial charge in [-0.25, -0.2) is 4.79 Å². The highest BCUT2D eigenvalue weighted by molar-refractivity contribution is 5.72. The Kier molecular flexibility index (Phi) is 5.17. The van der Waals surface area contributed by atoms with Gasteiger partial charge in [0, 0.05) is 12.6 Å². The zero-order chi connectivity index (χ0) is 13.5. The largest absolute Gasteiger partial charge is 0.460 e. The van der Waals surface area contributed by atoms with Crippen LogP contribution in [-0.2, 0) is 16.1 Å². The lowest BCUT2D eigenvalue weighted by atomic mass is 10.2. The van der Waals surface area contributed by atoms with Crippen LogP contribution in [0.5, 0.6) is 5.75 Å². The molecule has 1 aromatic rings. The van der Waals surface area contributed by atoms with Gasteiger partial charge in [0.25, 0.3) is 0 Å². The summed E-state index contributed by atoms with van der Waals surface area (Å²) < 4.78 is 10.1. The van der Waals surface area contributed by atoms with Gasteiger partial charge in [0.15, 0.2) is 0 Å². The van der Waals surface area contributed by atoms with Crippen LogP contribution in [0.3, 0.4) is 0 Å². The number of esters is 1. The van der Waals surface area contributed by atoms with Crippen molar-refractivity contribution in [3.8, 4) is 5.75 Å². The van der Waals surface area contributed by atoms with Crippen molar-refractivity contribution >= 4 is 12.1 Å². The molecule has 1 rings (SSSR count). The van der Waals surface area contributed by atoms with Crippen LogP contribution in [0.2, 0.25) is 0 Å². The summed E-state index contributed by atoms with van der Waals surface area (Å²) in [5.41, 5.74) is 0.648. The summed E-state index contributed by atoms with van der Waals surface area (Å²) in [5.74, 6) is -0.0878. The summed E-state index contributed by atoms with van der Waals surface area (Å²) in [4.78, 5) is 22.5. The van der Waals surface area contributed by atoms with Gasteiger partial charge in [-0.05, 0) is 6.07 Å². The second-order valence-corrected chi connectivity index (χ2v) is 4.01. The molecule has 0 saturated carbocycles. The molecule has 1 N–H and O–H groups in total. The molecule has 0 heterocycles. The van der Waals surface area contributed by atoms with E-state index >= 15 is 0 Å². The molecule has 0 spiro atoms. The third kappa shape index (κ3) is 4.08. The highest BCUT2D eigenvalue weighted by atomic mass is 16.6. The fraction of sp³-hybridized carbons (Fsp3) is 0.385. The molecule has 0 atom stereocenters. The van der Waals surface area contributed by atoms with Gasteiger partial charge in [0.05, 0.1) is 5.92 Å². The van der Waals surface area contributed by atoms with Crippen molar-refractivity contribution in [3.63, 3.8) is 0 Å². The second kappa shape index (κ2) is 6.64. The van der Waals surface area contributed by atoms with Gasteiger partial charge >= 0.3 is 12.1 Å². The van der Waals surface area contributed by atoms with E-state index in [4.69, 9.17) is 9.47 Å². The van der Waals surface area contributed by atoms with Crippen LogP contribution in [-0.4, -0.2) is 19.1 Å². The SMILES string of the molecule is CNC(=O)Oc1ccccc1COC(=O)C(C)C. The number of nitrogens with one attached hydrogen (secondary N) is 1. The van der Waals surface area contributed by atoms with Crippen LogP contribution < -0.4 is 10.1 Å². The van der Waals surface area contributed by atoms with Gasteiger partial charge in [0.1, 0.15) is 12.4 Å². The number of hydrogen-bond donors (Lipinski definition) is 1. The fourth-order valence-electron chi connectivity index (χ4n) is 1.19. The molecule has 1 aromatic carbocycles. The highest BCUT2D eigenvalue weighted by Crippen LogP contribution is 2.19. The molecule has 0 fully saturated rings. The Balaban J connectivity index is 2.70. The molecule has 0 radical (unpaired) electrons. The molecule has 0 aliphatic carbocycles. The Hall–Kier alpha value is -2.04. The van der Waals surface area contributed by atoms with Crippen LogP contribution in [0.1, 0.15) is 19.4 Å². The number of ether oxygens (including phenoxy) is 2. The molecule has 0 aromatic heterocycles. The summed E-state index contributed by atoms with van der Waals surface area (Å²) in [6.07, 6.45) is -0.558. The van der Waals surface area contributed by atoms with E-state index in [9.17, 15) is 9.59 Å². The van der Waals surface area contributed by atoms with Crippen molar-refractivity contribution in [1.29, 1.82) is 0 Å². The monoisotopic (exact) mass is 251 g/mol. The summed E-state index contributed by atoms with van der Waals surface area (Å²) >= 11 is 0. The zero-order valence-corrected chi connectivity index (χ0v) is 10.7. The number of carbonyl (C=O) groups excluding carboxylic acids is 2. The van der Waals surface area contributed by atoms with Crippen LogP contribution >= 0.6 is 0 Å². The molecule has 5 heteroatoms. The first-order valence-electron chi connectivity index (χ1n) is 5.68. The average molecular weight is 251 g/mol. The normalized spacial score (nSPS) is 10.0. The van der Waals surface area contributed by atoms with Gasteiger partial charge in [-0.1, -0.05) is 32.0 Å². The van der Waals surface area contributed by atoms with E-state index in [1.54, 1.807) is 38.1 Å². The molecular weight excluding hydrogens is 234 g/mol. The number of benzene rings is 1. The standard InChI is InChI=1S/C13H17NO4/c1-9(2)12(15)17-8-10-6-4-5-7-11(10)18-13(16)14-3/h4-7,9H,8H2,1-3H3,(H,14,16). The maximum absolute atomic E-state index is 11.4. The Morgan fingerprint density at radius 2 is 1.94 bits per heavy atom. The molecule has 0 aliphatic heterocycles. The van der Waals surface area contributed by atoms with Crippen LogP contribution in [0.4, 0.5) is 4.79 Å². The molecule has 0 unspecified atom stereocenters. The van der Waals surface area contributed by atoms with Gasteiger partial charge in [-0.3, -0.25) is 4.79 Å². The van der Waals surface area contributed by atoms with E-state index in [-0.39, 0.29) is 18.5 Å². The van der Waals surface area contributed by atoms with Crippen molar-refractivity contribution in [3.05, 3.63) is 29.8 Å². The molecule has 1 amide bonds. The smallest absolute Gasteiger partial charge is 0.412 e. The highest BCUT2D eigenvalue weighted by Gasteiger charge is 2.12. The molecule has 0 saturated heterocycles. The minimum atomic E-state index is -0.558. The minimum Gasteiger partial charge on any atom is -0.460 e. The number of para-hydroxylation sites is 1. The quantitative estimate of drug-likeness (QED) is 0.832. The summed E-state index contributed by atoms with van der Waals surface area (Å²) in [7, 11) is 1.48. The fourth-order valence-corrected chi connectivity index (χ4v) is 1.19. The third-order valence-electron chi connectivity index (χ3n) is 2.22. The lowest BCUT2D eigenvalue weighted by molar-refractivity contribution is -0.148. The summed E-state index contributed by atoms with van der Waals surface area (Å²) in [5, 5.41) is 2.35. The Morgan fingerprint density at radius 3 is 2.56 bits per heavy atom. The van der Waals surface area contributed by atoms with Crippen molar-refractivity contribution in [2.75, 3.05) is 7.05 Å². The Labute approximate surface area is 106 Å². The van der Waals surface area contributed by atoms with E-state index in [1.165, 1.54) is 7.05 Å². The summed E-state index contributed by atoms with van der Waals surface area (Å²) in [6, 6.07) is 6.92. The van der Waals surface area contributed by atoms with E-state index in [0.717, 1.165) is 0 Å². The lowest BCUT2D eigenvalue weighted by Gasteiger charge is -2.11. The van der Waals surface area contributed by atoms with Gasteiger partial charge in [0.2, 0.25) is 0 Å². The zero-order valence-electron chi connectivity index (χ0n) is 10.7. The topological polar surface area (TPSA) is 64.6 Å². The molecule has 0 bridgehead atoms. The van der Waals surface area contributed by atoms with E-state index in [2.05, 4.69) is 5.32 Å². The van der Waals surface area contributed by atoms with Gasteiger partial charge < -0.3 is 14.8 Å². The van der Waals surface area contributed by atoms with Crippen LogP contribution in [0.25, 0.3) is 0 Å². The molecule has 98 valence electrons. The first-order valence-corrected chi connectivity index (χ1v) is 5.68. The second-order valence-electron chi connectivity index (χ2n) is 4.01. The van der Waals surface area contributed by atoms with E-state index in [0.29, 0.717) is 11.3 Å². The van der Waals surface area contributed by atoms with Crippen LogP contribution in [0.15, 0.2) is 24.3 Å². The Bertz CT molecular complexity index is 429. The average Bonchev–Trinajstić information content (AvgIpc) is 2.37. The Morgan fingerprint density at radius 1 is 1.28 bits per heavy atom. The van der Waals surface area contributed by atoms with Gasteiger partial charge in [-0.15, -0.1) is 0 Å². The predicted molar refractivity (Wildman–Crippen MR) is 66.2 cm³/mol. The number of amides is 1. The van der Waals surface area contributed by atoms with E-state index < -0.39 is 6.09 Å². The number of carbonyl (C=O) groups is 2. The number of rotatable bonds is 4. The first kappa shape index (κ1) is 14.0. The van der Waals surface area contributed by atoms with Crippen molar-refractivity contribution < 1.29 is 19.1 Å². The van der Waals surface area contributed by atoms with Gasteiger partial charge in [-0.2, -0.15) is 0 Å². The first-order chi connectivity index (χ1) is 8.54.